The summed E-state index contributed by atoms with van der Waals surface area (Å²) in [7, 11) is 0. The van der Waals surface area contributed by atoms with Gasteiger partial charge in [-0.15, -0.1) is 0 Å². The molecule has 0 bridgehead atoms. The van der Waals surface area contributed by atoms with Crippen LogP contribution in [0.25, 0.3) is 43.1 Å². The second-order valence-corrected chi connectivity index (χ2v) is 8.56. The zero-order chi connectivity index (χ0) is 23.7. The second-order valence-electron chi connectivity index (χ2n) is 8.56. The van der Waals surface area contributed by atoms with Gasteiger partial charge in [0, 0.05) is 26.9 Å². The maximum atomic E-state index is 11.5. The molecule has 1 fully saturated rings. The molecule has 1 heterocycles. The summed E-state index contributed by atoms with van der Waals surface area (Å²) in [4.78, 5) is 11.5. The molecule has 5 atom stereocenters. The Hall–Kier alpha value is -3.69. The molecular formula is C26H20O8. The van der Waals surface area contributed by atoms with E-state index in [9.17, 15) is 30.3 Å². The molecule has 0 spiro atoms. The molecule has 0 aliphatic carbocycles. The van der Waals surface area contributed by atoms with Gasteiger partial charge in [0.15, 0.2) is 6.10 Å². The third-order valence-corrected chi connectivity index (χ3v) is 6.64. The van der Waals surface area contributed by atoms with Gasteiger partial charge >= 0.3 is 5.97 Å². The lowest BCUT2D eigenvalue weighted by atomic mass is 9.90. The van der Waals surface area contributed by atoms with Crippen LogP contribution in [0.2, 0.25) is 0 Å². The summed E-state index contributed by atoms with van der Waals surface area (Å²) in [5, 5.41) is 57.1. The number of aliphatic hydroxyl groups excluding tert-OH is 3. The Morgan fingerprint density at radius 2 is 1.41 bits per heavy atom. The van der Waals surface area contributed by atoms with Crippen molar-refractivity contribution in [1.82, 2.24) is 0 Å². The second kappa shape index (κ2) is 7.41. The molecule has 5 aromatic rings. The molecular weight excluding hydrogens is 440 g/mol. The van der Waals surface area contributed by atoms with Crippen molar-refractivity contribution in [2.24, 2.45) is 0 Å². The number of aromatic hydroxyl groups is 1. The van der Waals surface area contributed by atoms with Crippen LogP contribution in [0.15, 0.2) is 60.7 Å². The van der Waals surface area contributed by atoms with Crippen LogP contribution in [0, 0.1) is 0 Å². The smallest absolute Gasteiger partial charge is 0.335 e. The summed E-state index contributed by atoms with van der Waals surface area (Å²) in [5.41, 5.74) is 0. The topological polar surface area (TPSA) is 137 Å². The third-order valence-electron chi connectivity index (χ3n) is 6.64. The van der Waals surface area contributed by atoms with Crippen LogP contribution < -0.4 is 4.74 Å². The van der Waals surface area contributed by atoms with Gasteiger partial charge < -0.3 is 35.0 Å². The summed E-state index contributed by atoms with van der Waals surface area (Å²) >= 11 is 0. The van der Waals surface area contributed by atoms with Gasteiger partial charge in [-0.2, -0.15) is 0 Å². The number of fused-ring (bicyclic) bond motifs is 2. The predicted octanol–water partition coefficient (Wildman–Crippen LogP) is 2.71. The fourth-order valence-electron chi connectivity index (χ4n) is 5.00. The molecule has 172 valence electrons. The number of hydrogen-bond acceptors (Lipinski definition) is 7. The highest BCUT2D eigenvalue weighted by molar-refractivity contribution is 6.31. The van der Waals surface area contributed by atoms with E-state index < -0.39 is 36.7 Å². The molecule has 8 heteroatoms. The van der Waals surface area contributed by atoms with Gasteiger partial charge in [0.2, 0.25) is 6.29 Å². The van der Waals surface area contributed by atoms with Crippen molar-refractivity contribution in [2.45, 2.75) is 30.7 Å². The fraction of sp³-hybridized carbons (Fsp3) is 0.192. The molecule has 0 amide bonds. The van der Waals surface area contributed by atoms with Crippen LogP contribution in [-0.2, 0) is 9.53 Å². The molecule has 34 heavy (non-hydrogen) atoms. The van der Waals surface area contributed by atoms with Crippen LogP contribution in [0.1, 0.15) is 0 Å². The van der Waals surface area contributed by atoms with Gasteiger partial charge in [-0.3, -0.25) is 0 Å². The maximum absolute atomic E-state index is 11.5. The number of hydrogen-bond donors (Lipinski definition) is 5. The van der Waals surface area contributed by atoms with Crippen molar-refractivity contribution in [2.75, 3.05) is 0 Å². The molecule has 0 aromatic heterocycles. The van der Waals surface area contributed by atoms with Gasteiger partial charge in [0.1, 0.15) is 29.8 Å². The molecule has 5 N–H and O–H groups in total. The first-order chi connectivity index (χ1) is 16.4. The normalized spacial score (nSPS) is 25.4. The molecule has 5 aromatic carbocycles. The minimum atomic E-state index is -1.81. The molecule has 0 saturated carbocycles. The van der Waals surface area contributed by atoms with Crippen LogP contribution in [0.5, 0.6) is 11.5 Å². The Kier molecular flexibility index (Phi) is 4.55. The van der Waals surface area contributed by atoms with E-state index in [1.54, 1.807) is 18.2 Å². The summed E-state index contributed by atoms with van der Waals surface area (Å²) < 4.78 is 11.5. The van der Waals surface area contributed by atoms with E-state index in [-0.39, 0.29) is 5.75 Å². The Labute approximate surface area is 192 Å². The minimum absolute atomic E-state index is 0.143. The van der Waals surface area contributed by atoms with Crippen molar-refractivity contribution in [3.63, 3.8) is 0 Å². The maximum Gasteiger partial charge on any atom is 0.335 e. The molecule has 0 radical (unpaired) electrons. The lowest BCUT2D eigenvalue weighted by Crippen LogP contribution is -2.61. The van der Waals surface area contributed by atoms with Crippen LogP contribution in [-0.4, -0.2) is 62.2 Å². The average Bonchev–Trinajstić information content (AvgIpc) is 2.84. The number of aliphatic carboxylic acids is 1. The number of rotatable bonds is 3. The van der Waals surface area contributed by atoms with Gasteiger partial charge in [0.05, 0.1) is 0 Å². The van der Waals surface area contributed by atoms with E-state index in [0.717, 1.165) is 26.9 Å². The van der Waals surface area contributed by atoms with Crippen molar-refractivity contribution >= 4 is 49.1 Å². The molecule has 1 aliphatic heterocycles. The van der Waals surface area contributed by atoms with Gasteiger partial charge in [-0.05, 0) is 34.4 Å². The van der Waals surface area contributed by atoms with E-state index in [0.29, 0.717) is 21.9 Å². The number of ether oxygens (including phenoxy) is 2. The van der Waals surface area contributed by atoms with Crippen molar-refractivity contribution in [3.8, 4) is 11.5 Å². The summed E-state index contributed by atoms with van der Waals surface area (Å²) in [5.74, 6) is -1.01. The number of carbonyl (C=O) groups is 1. The highest BCUT2D eigenvalue weighted by Gasteiger charge is 2.48. The lowest BCUT2D eigenvalue weighted by Gasteiger charge is -2.38. The van der Waals surface area contributed by atoms with Crippen LogP contribution in [0.3, 0.4) is 0 Å². The number of benzene rings is 5. The fourth-order valence-corrected chi connectivity index (χ4v) is 5.00. The Bertz CT molecular complexity index is 1580. The number of phenolic OH excluding ortho intramolecular Hbond substituents is 1. The van der Waals surface area contributed by atoms with Crippen LogP contribution >= 0.6 is 0 Å². The van der Waals surface area contributed by atoms with E-state index in [1.807, 2.05) is 42.5 Å². The molecule has 1 saturated heterocycles. The van der Waals surface area contributed by atoms with Gasteiger partial charge in [-0.1, -0.05) is 42.5 Å². The van der Waals surface area contributed by atoms with Crippen molar-refractivity contribution in [3.05, 3.63) is 60.7 Å². The zero-order valence-electron chi connectivity index (χ0n) is 17.6. The van der Waals surface area contributed by atoms with E-state index >= 15 is 0 Å². The molecule has 6 rings (SSSR count). The molecule has 0 unspecified atom stereocenters. The van der Waals surface area contributed by atoms with Crippen molar-refractivity contribution in [1.29, 1.82) is 0 Å². The summed E-state index contributed by atoms with van der Waals surface area (Å²) in [6.07, 6.45) is -8.59. The van der Waals surface area contributed by atoms with Gasteiger partial charge in [-0.25, -0.2) is 4.79 Å². The third kappa shape index (κ3) is 2.83. The first-order valence-electron chi connectivity index (χ1n) is 10.8. The van der Waals surface area contributed by atoms with E-state index in [4.69, 9.17) is 9.47 Å². The minimum Gasteiger partial charge on any atom is -0.507 e. The Balaban J connectivity index is 1.62. The Morgan fingerprint density at radius 3 is 2.18 bits per heavy atom. The largest absolute Gasteiger partial charge is 0.507 e. The standard InChI is InChI=1S/C26H20O8/c27-17-10-6-11-5-7-13-12-3-1-2-4-14(12)23(16-9-8-15(17)18(11)19(13)16)33-26-22(30)20(28)21(29)24(34-26)25(31)32/h1-10,20-22,24,26-30H,(H,31,32)/t20-,21-,22+,24-,26+/m0/s1. The van der Waals surface area contributed by atoms with E-state index in [2.05, 4.69) is 0 Å². The number of phenols is 1. The highest BCUT2D eigenvalue weighted by Crippen LogP contribution is 2.46. The predicted molar refractivity (Wildman–Crippen MR) is 124 cm³/mol. The van der Waals surface area contributed by atoms with Crippen molar-refractivity contribution < 1.29 is 39.8 Å². The average molecular weight is 460 g/mol. The summed E-state index contributed by atoms with van der Waals surface area (Å²) in [6, 6.07) is 18.5. The lowest BCUT2D eigenvalue weighted by molar-refractivity contribution is -0.270. The first-order valence-corrected chi connectivity index (χ1v) is 10.8. The number of carboxylic acids is 1. The monoisotopic (exact) mass is 460 g/mol. The molecule has 8 nitrogen and oxygen atoms in total. The quantitative estimate of drug-likeness (QED) is 0.205. The summed E-state index contributed by atoms with van der Waals surface area (Å²) in [6.45, 7) is 0. The zero-order valence-corrected chi connectivity index (χ0v) is 17.6. The van der Waals surface area contributed by atoms with Gasteiger partial charge in [0.25, 0.3) is 0 Å². The number of aliphatic hydroxyl groups is 3. The highest BCUT2D eigenvalue weighted by atomic mass is 16.7. The first kappa shape index (κ1) is 20.9. The van der Waals surface area contributed by atoms with Crippen LogP contribution in [0.4, 0.5) is 0 Å². The Morgan fingerprint density at radius 1 is 0.735 bits per heavy atom. The van der Waals surface area contributed by atoms with E-state index in [1.165, 1.54) is 0 Å². The molecule has 1 aliphatic rings. The number of carboxylic acid groups (broad SMARTS) is 1. The SMILES string of the molecule is O=C(O)[C@H]1O[C@@H](Oc2c3ccccc3c3ccc4ccc(O)c5ccc2c3c45)[C@H](O)[C@@H](O)[C@@H]1O.